The lowest BCUT2D eigenvalue weighted by atomic mass is 9.89. The Morgan fingerprint density at radius 2 is 1.84 bits per heavy atom. The molecule has 0 bridgehead atoms. The maximum atomic E-state index is 12.4. The van der Waals surface area contributed by atoms with Crippen molar-refractivity contribution in [1.82, 2.24) is 10.6 Å². The number of carboxylic acids is 1. The number of nitrogens with one attached hydrogen (secondary N) is 2. The molecule has 1 atom stereocenters. The van der Waals surface area contributed by atoms with Crippen molar-refractivity contribution in [2.45, 2.75) is 47.1 Å². The molecule has 1 aromatic rings. The average molecular weight is 348 g/mol. The second-order valence-corrected chi connectivity index (χ2v) is 7.29. The largest absolute Gasteiger partial charge is 0.481 e. The van der Waals surface area contributed by atoms with Crippen LogP contribution in [0.5, 0.6) is 0 Å². The number of hydrogen-bond donors (Lipinski definition) is 3. The van der Waals surface area contributed by atoms with Crippen LogP contribution in [0.2, 0.25) is 0 Å². The number of aliphatic carboxylic acids is 1. The minimum absolute atomic E-state index is 0.0961. The first-order chi connectivity index (χ1) is 11.5. The van der Waals surface area contributed by atoms with E-state index < -0.39 is 17.4 Å². The van der Waals surface area contributed by atoms with Gasteiger partial charge in [0, 0.05) is 12.1 Å². The van der Waals surface area contributed by atoms with Crippen LogP contribution in [0, 0.1) is 18.3 Å². The van der Waals surface area contributed by atoms with Gasteiger partial charge in [0.05, 0.1) is 5.41 Å². The summed E-state index contributed by atoms with van der Waals surface area (Å²) >= 11 is 0. The summed E-state index contributed by atoms with van der Waals surface area (Å²) in [7, 11) is 0. The van der Waals surface area contributed by atoms with Crippen LogP contribution in [0.1, 0.15) is 50.0 Å². The van der Waals surface area contributed by atoms with E-state index in [9.17, 15) is 14.4 Å². The van der Waals surface area contributed by atoms with Crippen LogP contribution < -0.4 is 10.6 Å². The number of carbonyl (C=O) groups excluding carboxylic acids is 2. The van der Waals surface area contributed by atoms with Crippen LogP contribution in [-0.2, 0) is 9.59 Å². The van der Waals surface area contributed by atoms with Crippen molar-refractivity contribution in [3.63, 3.8) is 0 Å². The third-order valence-corrected chi connectivity index (χ3v) is 4.14. The Kier molecular flexibility index (Phi) is 7.15. The maximum Gasteiger partial charge on any atom is 0.309 e. The topological polar surface area (TPSA) is 95.5 Å². The molecule has 3 N–H and O–H groups in total. The van der Waals surface area contributed by atoms with Gasteiger partial charge < -0.3 is 15.7 Å². The van der Waals surface area contributed by atoms with Gasteiger partial charge in [-0.2, -0.15) is 0 Å². The van der Waals surface area contributed by atoms with E-state index in [1.54, 1.807) is 32.0 Å². The summed E-state index contributed by atoms with van der Waals surface area (Å²) in [5.41, 5.74) is 0.561. The molecule has 25 heavy (non-hydrogen) atoms. The number of benzene rings is 1. The molecule has 2 amide bonds. The molecule has 0 radical (unpaired) electrons. The molecule has 0 fully saturated rings. The quantitative estimate of drug-likeness (QED) is 0.672. The number of amides is 2. The highest BCUT2D eigenvalue weighted by Gasteiger charge is 2.28. The zero-order valence-corrected chi connectivity index (χ0v) is 15.6. The van der Waals surface area contributed by atoms with Crippen molar-refractivity contribution in [1.29, 1.82) is 0 Å². The molecule has 1 aromatic carbocycles. The van der Waals surface area contributed by atoms with E-state index in [0.717, 1.165) is 5.56 Å². The van der Waals surface area contributed by atoms with Gasteiger partial charge in [-0.1, -0.05) is 31.5 Å². The van der Waals surface area contributed by atoms with Crippen LogP contribution in [-0.4, -0.2) is 35.5 Å². The molecule has 6 heteroatoms. The summed E-state index contributed by atoms with van der Waals surface area (Å²) in [6, 6.07) is 6.48. The van der Waals surface area contributed by atoms with Crippen LogP contribution >= 0.6 is 0 Å². The molecular formula is C19H28N2O4. The lowest BCUT2D eigenvalue weighted by Crippen LogP contribution is -2.50. The first kappa shape index (κ1) is 20.7. The molecule has 0 spiro atoms. The van der Waals surface area contributed by atoms with Gasteiger partial charge in [-0.15, -0.1) is 0 Å². The summed E-state index contributed by atoms with van der Waals surface area (Å²) < 4.78 is 0. The minimum atomic E-state index is -0.911. The Morgan fingerprint density at radius 1 is 1.20 bits per heavy atom. The molecule has 0 aliphatic carbocycles. The molecule has 0 aliphatic heterocycles. The average Bonchev–Trinajstić information content (AvgIpc) is 2.51. The van der Waals surface area contributed by atoms with Crippen molar-refractivity contribution in [3.8, 4) is 0 Å². The monoisotopic (exact) mass is 348 g/mol. The summed E-state index contributed by atoms with van der Waals surface area (Å²) in [6.07, 6.45) is 0.310. The number of hydrogen-bond acceptors (Lipinski definition) is 3. The maximum absolute atomic E-state index is 12.4. The van der Waals surface area contributed by atoms with E-state index in [1.165, 1.54) is 0 Å². The van der Waals surface area contributed by atoms with Crippen molar-refractivity contribution < 1.29 is 19.5 Å². The number of aryl methyl sites for hydroxylation is 1. The molecule has 1 unspecified atom stereocenters. The van der Waals surface area contributed by atoms with Gasteiger partial charge in [-0.05, 0) is 45.2 Å². The Bertz CT molecular complexity index is 638. The van der Waals surface area contributed by atoms with Crippen LogP contribution in [0.4, 0.5) is 0 Å². The molecule has 138 valence electrons. The summed E-state index contributed by atoms with van der Waals surface area (Å²) in [5.74, 6) is -1.61. The summed E-state index contributed by atoms with van der Waals surface area (Å²) in [6.45, 7) is 9.06. The van der Waals surface area contributed by atoms with E-state index >= 15 is 0 Å². The van der Waals surface area contributed by atoms with Crippen molar-refractivity contribution in [2.75, 3.05) is 6.54 Å². The van der Waals surface area contributed by atoms with Crippen LogP contribution in [0.3, 0.4) is 0 Å². The van der Waals surface area contributed by atoms with Gasteiger partial charge in [0.1, 0.15) is 6.04 Å². The fraction of sp³-hybridized carbons (Fsp3) is 0.526. The van der Waals surface area contributed by atoms with E-state index in [2.05, 4.69) is 10.6 Å². The second kappa shape index (κ2) is 8.65. The molecular weight excluding hydrogens is 320 g/mol. The molecule has 0 heterocycles. The predicted molar refractivity (Wildman–Crippen MR) is 96.3 cm³/mol. The van der Waals surface area contributed by atoms with Gasteiger partial charge in [0.2, 0.25) is 5.91 Å². The van der Waals surface area contributed by atoms with E-state index in [-0.39, 0.29) is 24.3 Å². The Labute approximate surface area is 149 Å². The Hall–Kier alpha value is -2.37. The van der Waals surface area contributed by atoms with E-state index in [4.69, 9.17) is 5.11 Å². The smallest absolute Gasteiger partial charge is 0.309 e. The lowest BCUT2D eigenvalue weighted by molar-refractivity contribution is -0.147. The van der Waals surface area contributed by atoms with E-state index in [0.29, 0.717) is 12.0 Å². The van der Waals surface area contributed by atoms with Gasteiger partial charge >= 0.3 is 5.97 Å². The molecule has 1 rings (SSSR count). The first-order valence-corrected chi connectivity index (χ1v) is 8.43. The number of carboxylic acid groups (broad SMARTS) is 1. The zero-order chi connectivity index (χ0) is 19.2. The third kappa shape index (κ3) is 6.21. The van der Waals surface area contributed by atoms with Gasteiger partial charge in [-0.25, -0.2) is 0 Å². The third-order valence-electron chi connectivity index (χ3n) is 4.14. The van der Waals surface area contributed by atoms with Gasteiger partial charge in [0.25, 0.3) is 5.91 Å². The number of rotatable bonds is 8. The zero-order valence-electron chi connectivity index (χ0n) is 15.6. The van der Waals surface area contributed by atoms with Crippen molar-refractivity contribution >= 4 is 17.8 Å². The predicted octanol–water partition coefficient (Wildman–Crippen LogP) is 2.37. The first-order valence-electron chi connectivity index (χ1n) is 8.43. The van der Waals surface area contributed by atoms with Crippen molar-refractivity contribution in [3.05, 3.63) is 35.4 Å². The van der Waals surface area contributed by atoms with Crippen LogP contribution in [0.15, 0.2) is 24.3 Å². The normalized spacial score (nSPS) is 12.6. The summed E-state index contributed by atoms with van der Waals surface area (Å²) in [4.78, 5) is 35.9. The highest BCUT2D eigenvalue weighted by molar-refractivity contribution is 5.97. The van der Waals surface area contributed by atoms with Crippen LogP contribution in [0.25, 0.3) is 0 Å². The lowest BCUT2D eigenvalue weighted by Gasteiger charge is -2.23. The molecule has 0 aromatic heterocycles. The Balaban J connectivity index is 2.68. The fourth-order valence-electron chi connectivity index (χ4n) is 2.26. The Morgan fingerprint density at radius 3 is 2.36 bits per heavy atom. The van der Waals surface area contributed by atoms with Crippen molar-refractivity contribution in [2.24, 2.45) is 11.3 Å². The fourth-order valence-corrected chi connectivity index (χ4v) is 2.26. The SMILES string of the molecule is Cc1cccc(C(=O)NC(C(=O)NCCC(C)(C)C(=O)O)C(C)C)c1. The van der Waals surface area contributed by atoms with Gasteiger partial charge in [0.15, 0.2) is 0 Å². The minimum Gasteiger partial charge on any atom is -0.481 e. The van der Waals surface area contributed by atoms with Gasteiger partial charge in [-0.3, -0.25) is 14.4 Å². The highest BCUT2D eigenvalue weighted by atomic mass is 16.4. The summed E-state index contributed by atoms with van der Waals surface area (Å²) in [5, 5.41) is 14.6. The second-order valence-electron chi connectivity index (χ2n) is 7.29. The number of carbonyl (C=O) groups is 3. The molecule has 6 nitrogen and oxygen atoms in total. The molecule has 0 saturated carbocycles. The molecule has 0 aliphatic rings. The van der Waals surface area contributed by atoms with E-state index in [1.807, 2.05) is 26.8 Å². The highest BCUT2D eigenvalue weighted by Crippen LogP contribution is 2.19. The molecule has 0 saturated heterocycles. The standard InChI is InChI=1S/C19H28N2O4/c1-12(2)15(17(23)20-10-9-19(4,5)18(24)25)21-16(22)14-8-6-7-13(3)11-14/h6-8,11-12,15H,9-10H2,1-5H3,(H,20,23)(H,21,22)(H,24,25).